The van der Waals surface area contributed by atoms with Crippen molar-refractivity contribution < 1.29 is 4.39 Å². The van der Waals surface area contributed by atoms with Crippen LogP contribution in [0.2, 0.25) is 0 Å². The summed E-state index contributed by atoms with van der Waals surface area (Å²) in [6.07, 6.45) is 1.10. The molecule has 2 rings (SSSR count). The van der Waals surface area contributed by atoms with Gasteiger partial charge in [-0.3, -0.25) is 9.36 Å². The summed E-state index contributed by atoms with van der Waals surface area (Å²) in [5.74, 6) is 0. The van der Waals surface area contributed by atoms with Crippen molar-refractivity contribution in [2.24, 2.45) is 0 Å². The molecule has 1 heterocycles. The van der Waals surface area contributed by atoms with E-state index in [0.717, 1.165) is 10.8 Å². The van der Waals surface area contributed by atoms with Gasteiger partial charge in [-0.05, 0) is 25.0 Å². The number of alkyl halides is 5. The molecule has 0 spiro atoms. The molecule has 5 nitrogen and oxygen atoms in total. The van der Waals surface area contributed by atoms with E-state index in [1.807, 2.05) is 0 Å². The molecule has 0 N–H and O–H groups in total. The highest BCUT2D eigenvalue weighted by atomic mass is 35.5. The SMILES string of the molecule is Cc1cccc(C)c1-n1cc(C#N)c(=O)n(SC(Cl)(Cl)C(F)(Cl)Cl)c1=O. The van der Waals surface area contributed by atoms with E-state index < -0.39 is 19.5 Å². The largest absolute Gasteiger partial charge is 0.346 e. The zero-order chi connectivity index (χ0) is 19.9. The Hall–Kier alpha value is -1.17. The van der Waals surface area contributed by atoms with Gasteiger partial charge in [0.1, 0.15) is 11.6 Å². The lowest BCUT2D eigenvalue weighted by Gasteiger charge is -2.25. The molecule has 0 aliphatic heterocycles. The third-order valence-electron chi connectivity index (χ3n) is 3.39. The average Bonchev–Trinajstić information content (AvgIpc) is 2.52. The van der Waals surface area contributed by atoms with E-state index in [-0.39, 0.29) is 17.5 Å². The smallest absolute Gasteiger partial charge is 0.267 e. The number of halogens is 5. The van der Waals surface area contributed by atoms with Gasteiger partial charge >= 0.3 is 10.3 Å². The van der Waals surface area contributed by atoms with Gasteiger partial charge in [0.25, 0.3) is 5.56 Å². The molecule has 0 atom stereocenters. The summed E-state index contributed by atoms with van der Waals surface area (Å²) in [5, 5.41) is 9.22. The zero-order valence-corrected chi connectivity index (χ0v) is 17.1. The molecule has 0 unspecified atom stereocenters. The molecule has 26 heavy (non-hydrogen) atoms. The third kappa shape index (κ3) is 3.90. The summed E-state index contributed by atoms with van der Waals surface area (Å²) >= 11 is 22.1. The summed E-state index contributed by atoms with van der Waals surface area (Å²) in [4.78, 5) is 25.2. The molecule has 0 aliphatic rings. The molecule has 1 aromatic carbocycles. The van der Waals surface area contributed by atoms with Crippen molar-refractivity contribution in [1.82, 2.24) is 8.54 Å². The average molecular weight is 457 g/mol. The van der Waals surface area contributed by atoms with Crippen molar-refractivity contribution >= 4 is 58.4 Å². The first kappa shape index (κ1) is 21.1. The number of aromatic nitrogens is 2. The fraction of sp³-hybridized carbons (Fsp3) is 0.267. The van der Waals surface area contributed by atoms with Crippen molar-refractivity contribution in [1.29, 1.82) is 5.26 Å². The number of hydrogen-bond donors (Lipinski definition) is 0. The number of para-hydroxylation sites is 1. The maximum atomic E-state index is 13.8. The highest BCUT2D eigenvalue weighted by Crippen LogP contribution is 2.51. The van der Waals surface area contributed by atoms with Crippen LogP contribution in [-0.4, -0.2) is 16.8 Å². The van der Waals surface area contributed by atoms with E-state index in [0.29, 0.717) is 20.8 Å². The normalized spacial score (nSPS) is 12.1. The van der Waals surface area contributed by atoms with Gasteiger partial charge in [-0.1, -0.05) is 64.6 Å². The minimum Gasteiger partial charge on any atom is -0.267 e. The van der Waals surface area contributed by atoms with Gasteiger partial charge in [0.2, 0.25) is 3.67 Å². The zero-order valence-electron chi connectivity index (χ0n) is 13.3. The minimum atomic E-state index is -3.18. The molecule has 0 saturated carbocycles. The summed E-state index contributed by atoms with van der Waals surface area (Å²) in [5.41, 5.74) is -0.417. The predicted octanol–water partition coefficient (Wildman–Crippen LogP) is 4.22. The van der Waals surface area contributed by atoms with Crippen molar-refractivity contribution in [3.8, 4) is 11.8 Å². The molecule has 0 aliphatic carbocycles. The van der Waals surface area contributed by atoms with Gasteiger partial charge in [-0.25, -0.2) is 9.18 Å². The van der Waals surface area contributed by atoms with Crippen molar-refractivity contribution in [2.45, 2.75) is 22.1 Å². The van der Waals surface area contributed by atoms with Gasteiger partial charge < -0.3 is 0 Å². The van der Waals surface area contributed by atoms with E-state index in [9.17, 15) is 19.2 Å². The monoisotopic (exact) mass is 455 g/mol. The summed E-state index contributed by atoms with van der Waals surface area (Å²) in [6.45, 7) is 3.50. The van der Waals surface area contributed by atoms with Crippen LogP contribution in [0, 0.1) is 25.2 Å². The quantitative estimate of drug-likeness (QED) is 0.646. The van der Waals surface area contributed by atoms with E-state index in [2.05, 4.69) is 0 Å². The number of aryl methyl sites for hydroxylation is 2. The summed E-state index contributed by atoms with van der Waals surface area (Å²) in [6, 6.07) is 6.97. The highest BCUT2D eigenvalue weighted by Gasteiger charge is 2.50. The van der Waals surface area contributed by atoms with Crippen LogP contribution in [0.3, 0.4) is 0 Å². The van der Waals surface area contributed by atoms with E-state index >= 15 is 0 Å². The van der Waals surface area contributed by atoms with Crippen LogP contribution in [0.1, 0.15) is 16.7 Å². The van der Waals surface area contributed by atoms with Crippen molar-refractivity contribution in [3.63, 3.8) is 0 Å². The maximum absolute atomic E-state index is 13.8. The Bertz CT molecular complexity index is 1000. The topological polar surface area (TPSA) is 67.8 Å². The molecule has 0 amide bonds. The summed E-state index contributed by atoms with van der Waals surface area (Å²) < 4.78 is 9.57. The lowest BCUT2D eigenvalue weighted by atomic mass is 10.1. The van der Waals surface area contributed by atoms with Gasteiger partial charge in [0, 0.05) is 18.1 Å². The Morgan fingerprint density at radius 3 is 2.15 bits per heavy atom. The lowest BCUT2D eigenvalue weighted by Crippen LogP contribution is -2.41. The van der Waals surface area contributed by atoms with Crippen molar-refractivity contribution in [2.75, 3.05) is 0 Å². The number of rotatable bonds is 4. The Kier molecular flexibility index (Phi) is 6.06. The van der Waals surface area contributed by atoms with Crippen LogP contribution < -0.4 is 11.2 Å². The van der Waals surface area contributed by atoms with E-state index in [4.69, 9.17) is 46.4 Å². The number of hydrogen-bond acceptors (Lipinski definition) is 4. The molecular weight excluding hydrogens is 447 g/mol. The van der Waals surface area contributed by atoms with E-state index in [1.54, 1.807) is 38.1 Å². The lowest BCUT2D eigenvalue weighted by molar-refractivity contribution is 0.400. The number of benzene rings is 1. The predicted molar refractivity (Wildman–Crippen MR) is 103 cm³/mol. The first-order chi connectivity index (χ1) is 11.9. The Balaban J connectivity index is 2.83. The van der Waals surface area contributed by atoms with Gasteiger partial charge in [0.15, 0.2) is 0 Å². The molecule has 138 valence electrons. The third-order valence-corrected chi connectivity index (χ3v) is 6.52. The Morgan fingerprint density at radius 1 is 1.15 bits per heavy atom. The molecule has 1 aromatic heterocycles. The van der Waals surface area contributed by atoms with Crippen LogP contribution in [0.25, 0.3) is 5.69 Å². The number of nitriles is 1. The fourth-order valence-electron chi connectivity index (χ4n) is 2.20. The van der Waals surface area contributed by atoms with Crippen LogP contribution >= 0.6 is 58.4 Å². The van der Waals surface area contributed by atoms with Crippen LogP contribution in [-0.2, 0) is 0 Å². The van der Waals surface area contributed by atoms with Gasteiger partial charge in [-0.15, -0.1) is 0 Å². The Morgan fingerprint density at radius 2 is 1.69 bits per heavy atom. The van der Waals surface area contributed by atoms with Gasteiger partial charge in [-0.2, -0.15) is 9.23 Å². The Labute approximate surface area is 172 Å². The second-order valence-corrected chi connectivity index (χ2v) is 9.42. The molecule has 0 saturated heterocycles. The molecule has 0 radical (unpaired) electrons. The van der Waals surface area contributed by atoms with Gasteiger partial charge in [0.05, 0.1) is 5.69 Å². The van der Waals surface area contributed by atoms with Crippen LogP contribution in [0.15, 0.2) is 34.0 Å². The molecule has 2 aromatic rings. The maximum Gasteiger partial charge on any atom is 0.346 e. The van der Waals surface area contributed by atoms with Crippen molar-refractivity contribution in [3.05, 3.63) is 61.9 Å². The molecule has 11 heteroatoms. The van der Waals surface area contributed by atoms with Crippen LogP contribution in [0.4, 0.5) is 4.39 Å². The highest BCUT2D eigenvalue weighted by molar-refractivity contribution is 8.02. The standard InChI is InChI=1S/C15H10Cl4FN3O2S/c1-8-4-3-5-9(2)11(8)22-7-10(6-21)12(24)23(13(22)25)26-15(18,19)14(16,17)20/h3-5,7H,1-2H3. The van der Waals surface area contributed by atoms with E-state index in [1.165, 1.54) is 0 Å². The summed E-state index contributed by atoms with van der Waals surface area (Å²) in [7, 11) is 0. The molecule has 0 bridgehead atoms. The second kappa shape index (κ2) is 7.45. The minimum absolute atomic E-state index is 0.0678. The molecule has 0 fully saturated rings. The molecular formula is C15H10Cl4FN3O2S. The fourth-order valence-corrected chi connectivity index (χ4v) is 3.50. The number of nitrogens with zero attached hydrogens (tertiary/aromatic N) is 3. The first-order valence-corrected chi connectivity index (χ1v) is 9.18. The first-order valence-electron chi connectivity index (χ1n) is 6.90. The second-order valence-electron chi connectivity index (χ2n) is 5.25. The van der Waals surface area contributed by atoms with Crippen LogP contribution in [0.5, 0.6) is 0 Å².